The largest absolute Gasteiger partial charge is 0.497 e. The molecule has 0 amide bonds. The molecule has 2 aliphatic rings. The Bertz CT molecular complexity index is 991. The summed E-state index contributed by atoms with van der Waals surface area (Å²) in [6, 6.07) is 18.5. The number of ether oxygens (including phenoxy) is 2. The molecule has 0 radical (unpaired) electrons. The van der Waals surface area contributed by atoms with Crippen LogP contribution in [0.1, 0.15) is 52.5 Å². The zero-order valence-corrected chi connectivity index (χ0v) is 21.3. The van der Waals surface area contributed by atoms with Gasteiger partial charge in [-0.3, -0.25) is 4.79 Å². The summed E-state index contributed by atoms with van der Waals surface area (Å²) in [7, 11) is 1.67. The first-order valence-corrected chi connectivity index (χ1v) is 12.8. The Morgan fingerprint density at radius 2 is 1.70 bits per heavy atom. The van der Waals surface area contributed by atoms with Crippen molar-refractivity contribution in [2.45, 2.75) is 69.8 Å². The fourth-order valence-corrected chi connectivity index (χ4v) is 6.76. The second kappa shape index (κ2) is 9.68. The smallest absolute Gasteiger partial charge is 0.167 e. The number of hydrogen-bond acceptors (Lipinski definition) is 4. The Morgan fingerprint density at radius 1 is 1.00 bits per heavy atom. The lowest BCUT2D eigenvalue weighted by atomic mass is 9.72. The third kappa shape index (κ3) is 5.22. The molecule has 0 aromatic heterocycles. The van der Waals surface area contributed by atoms with E-state index in [0.717, 1.165) is 30.6 Å². The minimum absolute atomic E-state index is 0.0594. The molecule has 0 saturated heterocycles. The van der Waals surface area contributed by atoms with Crippen LogP contribution in [0, 0.1) is 16.7 Å². The Labute approximate surface area is 203 Å². The molecule has 0 aliphatic heterocycles. The fraction of sp³-hybridized carbons (Fsp3) is 0.483. The number of carbonyl (C=O) groups is 1. The predicted octanol–water partition coefficient (Wildman–Crippen LogP) is 7.10. The van der Waals surface area contributed by atoms with Gasteiger partial charge in [-0.2, -0.15) is 0 Å². The van der Waals surface area contributed by atoms with E-state index in [0.29, 0.717) is 6.61 Å². The van der Waals surface area contributed by atoms with Crippen LogP contribution in [-0.4, -0.2) is 24.2 Å². The third-order valence-corrected chi connectivity index (χ3v) is 8.64. The molecule has 3 nitrogen and oxygen atoms in total. The maximum absolute atomic E-state index is 14.0. The van der Waals surface area contributed by atoms with Crippen molar-refractivity contribution in [1.82, 2.24) is 0 Å². The molecule has 176 valence electrons. The standard InChI is InChI=1S/C29H36O3S/c1-28(2)18-24(33-23-9-7-6-8-10-23)17-21-13-16-25(29(21,3)4)26(27(28)30)32-19-20-11-14-22(31-5)15-12-20/h6-12,14-15,17,24-26H,13,16,18-19H2,1-5H3/b21-17-/t24-,25-,26-/m1/s1. The second-order valence-corrected chi connectivity index (χ2v) is 11.9. The van der Waals surface area contributed by atoms with Crippen molar-refractivity contribution in [2.75, 3.05) is 7.11 Å². The van der Waals surface area contributed by atoms with Gasteiger partial charge in [0.15, 0.2) is 5.78 Å². The minimum Gasteiger partial charge on any atom is -0.497 e. The molecular formula is C29H36O3S. The lowest BCUT2D eigenvalue weighted by molar-refractivity contribution is -0.146. The Kier molecular flexibility index (Phi) is 7.07. The van der Waals surface area contributed by atoms with Crippen molar-refractivity contribution >= 4 is 17.5 Å². The SMILES string of the molecule is COc1ccc(CO[C@H]2C(=O)C(C)(C)C[C@H](Sc3ccccc3)/C=C3/CC[C@H]2C3(C)C)cc1. The van der Waals surface area contributed by atoms with Crippen molar-refractivity contribution in [1.29, 1.82) is 0 Å². The van der Waals surface area contributed by atoms with Gasteiger partial charge in [-0.15, -0.1) is 11.8 Å². The van der Waals surface area contributed by atoms with Gasteiger partial charge in [-0.1, -0.05) is 69.7 Å². The van der Waals surface area contributed by atoms with E-state index in [1.54, 1.807) is 7.11 Å². The zero-order valence-electron chi connectivity index (χ0n) is 20.5. The van der Waals surface area contributed by atoms with Crippen LogP contribution >= 0.6 is 11.8 Å². The number of allylic oxidation sites excluding steroid dienone is 1. The van der Waals surface area contributed by atoms with Gasteiger partial charge in [-0.25, -0.2) is 0 Å². The highest BCUT2D eigenvalue weighted by atomic mass is 32.2. The highest BCUT2D eigenvalue weighted by molar-refractivity contribution is 8.00. The van der Waals surface area contributed by atoms with Gasteiger partial charge in [-0.05, 0) is 54.5 Å². The number of ketones is 1. The summed E-state index contributed by atoms with van der Waals surface area (Å²) in [5.41, 5.74) is 2.01. The quantitative estimate of drug-likeness (QED) is 0.427. The highest BCUT2D eigenvalue weighted by Crippen LogP contribution is 2.53. The van der Waals surface area contributed by atoms with Gasteiger partial charge in [0.2, 0.25) is 0 Å². The lowest BCUT2D eigenvalue weighted by Crippen LogP contribution is -2.44. The molecule has 4 heteroatoms. The van der Waals surface area contributed by atoms with Gasteiger partial charge in [0.1, 0.15) is 11.9 Å². The maximum Gasteiger partial charge on any atom is 0.167 e. The fourth-order valence-electron chi connectivity index (χ4n) is 5.36. The summed E-state index contributed by atoms with van der Waals surface area (Å²) in [5, 5.41) is 0.264. The van der Waals surface area contributed by atoms with Crippen molar-refractivity contribution in [3.05, 3.63) is 71.8 Å². The molecule has 33 heavy (non-hydrogen) atoms. The van der Waals surface area contributed by atoms with E-state index in [4.69, 9.17) is 9.47 Å². The van der Waals surface area contributed by atoms with Crippen molar-refractivity contribution in [3.8, 4) is 5.75 Å². The number of methoxy groups -OCH3 is 1. The van der Waals surface area contributed by atoms with Crippen LogP contribution in [0.3, 0.4) is 0 Å². The van der Waals surface area contributed by atoms with E-state index in [1.807, 2.05) is 36.0 Å². The number of benzene rings is 2. The second-order valence-electron chi connectivity index (χ2n) is 10.6. The van der Waals surface area contributed by atoms with Crippen LogP contribution in [0.4, 0.5) is 0 Å². The monoisotopic (exact) mass is 464 g/mol. The Hall–Kier alpha value is -2.04. The van der Waals surface area contributed by atoms with E-state index >= 15 is 0 Å². The summed E-state index contributed by atoms with van der Waals surface area (Å²) in [6.07, 6.45) is 4.91. The molecule has 0 N–H and O–H groups in total. The molecule has 2 aliphatic carbocycles. The lowest BCUT2D eigenvalue weighted by Gasteiger charge is -2.37. The van der Waals surface area contributed by atoms with E-state index in [2.05, 4.69) is 64.1 Å². The van der Waals surface area contributed by atoms with Gasteiger partial charge in [0.25, 0.3) is 0 Å². The van der Waals surface area contributed by atoms with Crippen LogP contribution in [0.5, 0.6) is 5.75 Å². The maximum atomic E-state index is 14.0. The number of fused-ring (bicyclic) bond motifs is 2. The minimum atomic E-state index is -0.464. The van der Waals surface area contributed by atoms with Crippen LogP contribution in [0.2, 0.25) is 0 Å². The molecular weight excluding hydrogens is 428 g/mol. The van der Waals surface area contributed by atoms with Gasteiger partial charge < -0.3 is 9.47 Å². The molecule has 0 heterocycles. The number of thioether (sulfide) groups is 1. The summed E-state index contributed by atoms with van der Waals surface area (Å²) < 4.78 is 11.7. The van der Waals surface area contributed by atoms with E-state index < -0.39 is 11.5 Å². The van der Waals surface area contributed by atoms with Gasteiger partial charge in [0.05, 0.1) is 13.7 Å². The molecule has 3 atom stereocenters. The molecule has 4 rings (SSSR count). The summed E-state index contributed by atoms with van der Waals surface area (Å²) in [6.45, 7) is 9.24. The van der Waals surface area contributed by atoms with Gasteiger partial charge in [0, 0.05) is 21.5 Å². The normalized spacial score (nSPS) is 27.7. The first-order valence-electron chi connectivity index (χ1n) is 11.9. The Morgan fingerprint density at radius 3 is 2.36 bits per heavy atom. The number of hydrogen-bond donors (Lipinski definition) is 0. The van der Waals surface area contributed by atoms with E-state index in [-0.39, 0.29) is 22.4 Å². The first-order chi connectivity index (χ1) is 15.7. The van der Waals surface area contributed by atoms with E-state index in [1.165, 1.54) is 10.5 Å². The Balaban J connectivity index is 1.61. The van der Waals surface area contributed by atoms with Crippen molar-refractivity contribution < 1.29 is 14.3 Å². The van der Waals surface area contributed by atoms with Crippen LogP contribution in [-0.2, 0) is 16.1 Å². The average molecular weight is 465 g/mol. The van der Waals surface area contributed by atoms with Crippen molar-refractivity contribution in [3.63, 3.8) is 0 Å². The predicted molar refractivity (Wildman–Crippen MR) is 136 cm³/mol. The van der Waals surface area contributed by atoms with Crippen LogP contribution in [0.25, 0.3) is 0 Å². The van der Waals surface area contributed by atoms with Crippen LogP contribution in [0.15, 0.2) is 71.1 Å². The molecule has 2 bridgehead atoms. The number of rotatable bonds is 6. The average Bonchev–Trinajstić information content (AvgIpc) is 3.08. The van der Waals surface area contributed by atoms with Crippen molar-refractivity contribution in [2.24, 2.45) is 16.7 Å². The molecule has 1 fully saturated rings. The summed E-state index contributed by atoms with van der Waals surface area (Å²) >= 11 is 1.87. The molecule has 0 spiro atoms. The van der Waals surface area contributed by atoms with Crippen LogP contribution < -0.4 is 4.74 Å². The third-order valence-electron chi connectivity index (χ3n) is 7.49. The van der Waals surface area contributed by atoms with Gasteiger partial charge >= 0.3 is 0 Å². The molecule has 0 unspecified atom stereocenters. The highest BCUT2D eigenvalue weighted by Gasteiger charge is 2.50. The molecule has 1 saturated carbocycles. The first kappa shape index (κ1) is 24.1. The molecule has 2 aromatic rings. The molecule has 2 aromatic carbocycles. The summed E-state index contributed by atoms with van der Waals surface area (Å²) in [4.78, 5) is 15.2. The number of carbonyl (C=O) groups excluding carboxylic acids is 1. The topological polar surface area (TPSA) is 35.5 Å². The summed E-state index contributed by atoms with van der Waals surface area (Å²) in [5.74, 6) is 1.26. The number of Topliss-reactive ketones (excluding diaryl/α,β-unsaturated/α-hetero) is 1. The zero-order chi connectivity index (χ0) is 23.6. The van der Waals surface area contributed by atoms with E-state index in [9.17, 15) is 4.79 Å².